The molecule has 7 heteroatoms. The van der Waals surface area contributed by atoms with E-state index in [-0.39, 0.29) is 11.0 Å². The number of carbonyl (C=O) groups is 1. The van der Waals surface area contributed by atoms with Crippen molar-refractivity contribution < 1.29 is 14.3 Å². The summed E-state index contributed by atoms with van der Waals surface area (Å²) in [5.74, 6) is 1.06. The Balaban J connectivity index is 2.60. The smallest absolute Gasteiger partial charge is 0.226 e. The van der Waals surface area contributed by atoms with Gasteiger partial charge in [-0.1, -0.05) is 24.9 Å². The lowest BCUT2D eigenvalue weighted by Crippen LogP contribution is -2.38. The molecule has 1 aromatic carbocycles. The van der Waals surface area contributed by atoms with Gasteiger partial charge < -0.3 is 20.1 Å². The largest absolute Gasteiger partial charge is 0.493 e. The Labute approximate surface area is 141 Å². The van der Waals surface area contributed by atoms with Crippen LogP contribution in [0.2, 0.25) is 5.02 Å². The maximum Gasteiger partial charge on any atom is 0.226 e. The summed E-state index contributed by atoms with van der Waals surface area (Å²) in [4.78, 5) is 11.6. The first kappa shape index (κ1) is 18.5. The average Bonchev–Trinajstić information content (AvgIpc) is 2.51. The fraction of sp³-hybridized carbons (Fsp3) is 0.467. The Morgan fingerprint density at radius 3 is 2.50 bits per heavy atom. The van der Waals surface area contributed by atoms with E-state index in [0.717, 1.165) is 18.4 Å². The van der Waals surface area contributed by atoms with Crippen molar-refractivity contribution in [2.24, 2.45) is 0 Å². The van der Waals surface area contributed by atoms with E-state index in [2.05, 4.69) is 10.6 Å². The van der Waals surface area contributed by atoms with Crippen LogP contribution in [0.15, 0.2) is 12.1 Å². The molecule has 0 radical (unpaired) electrons. The van der Waals surface area contributed by atoms with Crippen molar-refractivity contribution in [3.63, 3.8) is 0 Å². The number of ether oxygens (including phenoxy) is 2. The van der Waals surface area contributed by atoms with Crippen LogP contribution in [-0.2, 0) is 11.3 Å². The molecule has 0 saturated heterocycles. The molecule has 0 aromatic heterocycles. The van der Waals surface area contributed by atoms with E-state index in [1.165, 1.54) is 0 Å². The van der Waals surface area contributed by atoms with Crippen LogP contribution < -0.4 is 20.1 Å². The third-order valence-corrected chi connectivity index (χ3v) is 3.60. The molecule has 0 atom stereocenters. The van der Waals surface area contributed by atoms with Crippen molar-refractivity contribution in [1.82, 2.24) is 10.6 Å². The quantitative estimate of drug-likeness (QED) is 0.744. The number of nitrogens with one attached hydrogen (secondary N) is 2. The highest BCUT2D eigenvalue weighted by Gasteiger charge is 2.10. The van der Waals surface area contributed by atoms with Crippen LogP contribution in [0.5, 0.6) is 11.5 Å². The van der Waals surface area contributed by atoms with Gasteiger partial charge in [0.25, 0.3) is 0 Å². The minimum absolute atomic E-state index is 0.0854. The number of carbonyl (C=O) groups excluding carboxylic acids is 1. The molecular weight excluding hydrogens is 324 g/mol. The Kier molecular flexibility index (Phi) is 7.98. The van der Waals surface area contributed by atoms with Crippen molar-refractivity contribution in [3.05, 3.63) is 22.7 Å². The molecule has 122 valence electrons. The Bertz CT molecular complexity index is 538. The second-order valence-electron chi connectivity index (χ2n) is 4.63. The zero-order chi connectivity index (χ0) is 16.5. The summed E-state index contributed by atoms with van der Waals surface area (Å²) in [7, 11) is 3.11. The minimum Gasteiger partial charge on any atom is -0.493 e. The average molecular weight is 345 g/mol. The molecule has 0 aliphatic heterocycles. The van der Waals surface area contributed by atoms with E-state index in [1.54, 1.807) is 26.4 Å². The van der Waals surface area contributed by atoms with Gasteiger partial charge in [0.1, 0.15) is 0 Å². The number of unbranched alkanes of at least 4 members (excludes halogenated alkanes) is 1. The Hall–Kier alpha value is -1.53. The molecule has 0 fully saturated rings. The highest BCUT2D eigenvalue weighted by atomic mass is 35.5. The molecule has 1 aromatic rings. The summed E-state index contributed by atoms with van der Waals surface area (Å²) in [5.41, 5.74) is 0.796. The van der Waals surface area contributed by atoms with E-state index in [0.29, 0.717) is 29.5 Å². The lowest BCUT2D eigenvalue weighted by molar-refractivity contribution is -0.119. The molecule has 2 N–H and O–H groups in total. The maximum absolute atomic E-state index is 11.6. The van der Waals surface area contributed by atoms with Crippen LogP contribution in [0, 0.1) is 0 Å². The van der Waals surface area contributed by atoms with Crippen LogP contribution in [0.3, 0.4) is 0 Å². The van der Waals surface area contributed by atoms with Gasteiger partial charge >= 0.3 is 0 Å². The molecule has 22 heavy (non-hydrogen) atoms. The number of hydrogen-bond acceptors (Lipinski definition) is 4. The number of rotatable bonds is 7. The SMILES string of the molecule is CCCCC(=O)NC(=S)NCc1cc(OC)c(OC)cc1Cl. The van der Waals surface area contributed by atoms with E-state index in [4.69, 9.17) is 33.3 Å². The first-order chi connectivity index (χ1) is 10.5. The lowest BCUT2D eigenvalue weighted by Gasteiger charge is -2.13. The van der Waals surface area contributed by atoms with E-state index < -0.39 is 0 Å². The second kappa shape index (κ2) is 9.48. The van der Waals surface area contributed by atoms with Crippen molar-refractivity contribution in [1.29, 1.82) is 0 Å². The van der Waals surface area contributed by atoms with Gasteiger partial charge in [0.2, 0.25) is 5.91 Å². The summed E-state index contributed by atoms with van der Waals surface area (Å²) in [6.45, 7) is 2.41. The third-order valence-electron chi connectivity index (χ3n) is 3.00. The topological polar surface area (TPSA) is 59.6 Å². The van der Waals surface area contributed by atoms with Crippen molar-refractivity contribution in [2.75, 3.05) is 14.2 Å². The highest BCUT2D eigenvalue weighted by Crippen LogP contribution is 2.32. The van der Waals surface area contributed by atoms with Crippen LogP contribution in [0.25, 0.3) is 0 Å². The molecule has 0 unspecified atom stereocenters. The summed E-state index contributed by atoms with van der Waals surface area (Å²) in [6.07, 6.45) is 2.28. The molecular formula is C15H21ClN2O3S. The first-order valence-corrected chi connectivity index (χ1v) is 7.78. The number of methoxy groups -OCH3 is 2. The van der Waals surface area contributed by atoms with Gasteiger partial charge in [0.15, 0.2) is 16.6 Å². The van der Waals surface area contributed by atoms with Gasteiger partial charge in [0.05, 0.1) is 14.2 Å². The van der Waals surface area contributed by atoms with Crippen molar-refractivity contribution in [2.45, 2.75) is 32.7 Å². The minimum atomic E-state index is -0.0854. The van der Waals surface area contributed by atoms with Crippen LogP contribution >= 0.6 is 23.8 Å². The molecule has 0 saturated carbocycles. The number of thiocarbonyl (C=S) groups is 1. The van der Waals surface area contributed by atoms with Crippen LogP contribution in [-0.4, -0.2) is 25.2 Å². The predicted octanol–water partition coefficient (Wildman–Crippen LogP) is 3.04. The van der Waals surface area contributed by atoms with Gasteiger partial charge in [-0.15, -0.1) is 0 Å². The van der Waals surface area contributed by atoms with Gasteiger partial charge in [0, 0.05) is 24.1 Å². The molecule has 0 aliphatic carbocycles. The number of amides is 1. The molecule has 5 nitrogen and oxygen atoms in total. The fourth-order valence-corrected chi connectivity index (χ4v) is 2.18. The van der Waals surface area contributed by atoms with E-state index >= 15 is 0 Å². The van der Waals surface area contributed by atoms with Gasteiger partial charge in [-0.25, -0.2) is 0 Å². The van der Waals surface area contributed by atoms with Crippen molar-refractivity contribution >= 4 is 34.8 Å². The zero-order valence-electron chi connectivity index (χ0n) is 13.0. The number of halogens is 1. The Morgan fingerprint density at radius 2 is 1.91 bits per heavy atom. The van der Waals surface area contributed by atoms with Gasteiger partial charge in [-0.05, 0) is 30.3 Å². The van der Waals surface area contributed by atoms with E-state index in [1.807, 2.05) is 6.92 Å². The molecule has 0 bridgehead atoms. The molecule has 0 aliphatic rings. The molecule has 1 amide bonds. The standard InChI is InChI=1S/C15H21ClN2O3S/c1-4-5-6-14(19)18-15(22)17-9-10-7-12(20-2)13(21-3)8-11(10)16/h7-8H,4-6,9H2,1-3H3,(H2,17,18,19,22). The summed E-state index contributed by atoms with van der Waals surface area (Å²) in [5, 5.41) is 6.41. The second-order valence-corrected chi connectivity index (χ2v) is 5.45. The number of benzene rings is 1. The fourth-order valence-electron chi connectivity index (χ4n) is 1.78. The predicted molar refractivity (Wildman–Crippen MR) is 91.7 cm³/mol. The van der Waals surface area contributed by atoms with Crippen LogP contribution in [0.4, 0.5) is 0 Å². The highest BCUT2D eigenvalue weighted by molar-refractivity contribution is 7.80. The molecule has 1 rings (SSSR count). The van der Waals surface area contributed by atoms with Crippen LogP contribution in [0.1, 0.15) is 31.7 Å². The van der Waals surface area contributed by atoms with Crippen molar-refractivity contribution in [3.8, 4) is 11.5 Å². The molecule has 0 spiro atoms. The summed E-state index contributed by atoms with van der Waals surface area (Å²) in [6, 6.07) is 3.45. The maximum atomic E-state index is 11.6. The number of hydrogen-bond donors (Lipinski definition) is 2. The van der Waals surface area contributed by atoms with E-state index in [9.17, 15) is 4.79 Å². The Morgan fingerprint density at radius 1 is 1.27 bits per heavy atom. The summed E-state index contributed by atoms with van der Waals surface area (Å²) >= 11 is 11.3. The van der Waals surface area contributed by atoms with Gasteiger partial charge in [-0.2, -0.15) is 0 Å². The monoisotopic (exact) mass is 344 g/mol. The normalized spacial score (nSPS) is 10.0. The summed E-state index contributed by atoms with van der Waals surface area (Å²) < 4.78 is 10.4. The third kappa shape index (κ3) is 5.69. The lowest BCUT2D eigenvalue weighted by atomic mass is 10.2. The first-order valence-electron chi connectivity index (χ1n) is 6.99. The molecule has 0 heterocycles. The zero-order valence-corrected chi connectivity index (χ0v) is 14.6. The van der Waals surface area contributed by atoms with Gasteiger partial charge in [-0.3, -0.25) is 4.79 Å².